The van der Waals surface area contributed by atoms with Crippen molar-refractivity contribution in [2.75, 3.05) is 13.1 Å². The van der Waals surface area contributed by atoms with Crippen molar-refractivity contribution in [3.8, 4) is 0 Å². The van der Waals surface area contributed by atoms with Gasteiger partial charge in [0.1, 0.15) is 0 Å². The molecule has 1 atom stereocenters. The largest absolute Gasteiger partial charge is 0.351 e. The summed E-state index contributed by atoms with van der Waals surface area (Å²) in [6.07, 6.45) is 5.60. The lowest BCUT2D eigenvalue weighted by atomic mass is 9.94. The maximum Gasteiger partial charge on any atom is 0.290 e. The van der Waals surface area contributed by atoms with Crippen molar-refractivity contribution in [1.82, 2.24) is 20.4 Å². The number of pyridine rings is 1. The quantitative estimate of drug-likeness (QED) is 0.714. The fourth-order valence-electron chi connectivity index (χ4n) is 3.64. The van der Waals surface area contributed by atoms with Crippen LogP contribution in [0.3, 0.4) is 0 Å². The van der Waals surface area contributed by atoms with Crippen LogP contribution >= 0.6 is 0 Å². The van der Waals surface area contributed by atoms with Gasteiger partial charge in [0, 0.05) is 44.0 Å². The molecule has 1 aliphatic rings. The molecule has 0 saturated carbocycles. The molecule has 3 aromatic rings. The van der Waals surface area contributed by atoms with E-state index in [1.807, 2.05) is 18.2 Å². The maximum atomic E-state index is 12.3. The van der Waals surface area contributed by atoms with Crippen LogP contribution in [0.4, 0.5) is 0 Å². The predicted octanol–water partition coefficient (Wildman–Crippen LogP) is 3.38. The van der Waals surface area contributed by atoms with Gasteiger partial charge in [-0.25, -0.2) is 0 Å². The van der Waals surface area contributed by atoms with Crippen LogP contribution in [-0.4, -0.2) is 34.0 Å². The Bertz CT molecular complexity index is 895. The van der Waals surface area contributed by atoms with Gasteiger partial charge in [-0.1, -0.05) is 35.5 Å². The number of hydrogen-bond donors (Lipinski definition) is 1. The molecular weight excluding hydrogens is 352 g/mol. The van der Waals surface area contributed by atoms with Crippen LogP contribution in [0.25, 0.3) is 0 Å². The normalized spacial score (nSPS) is 17.4. The molecule has 28 heavy (non-hydrogen) atoms. The van der Waals surface area contributed by atoms with Gasteiger partial charge >= 0.3 is 0 Å². The lowest BCUT2D eigenvalue weighted by Crippen LogP contribution is -2.34. The molecule has 1 saturated heterocycles. The van der Waals surface area contributed by atoms with Gasteiger partial charge in [-0.15, -0.1) is 0 Å². The molecule has 1 fully saturated rings. The summed E-state index contributed by atoms with van der Waals surface area (Å²) in [5, 5.41) is 7.05. The van der Waals surface area contributed by atoms with Gasteiger partial charge in [0.2, 0.25) is 5.76 Å². The second-order valence-electron chi connectivity index (χ2n) is 7.21. The highest BCUT2D eigenvalue weighted by atomic mass is 16.5. The number of amides is 1. The van der Waals surface area contributed by atoms with E-state index in [-0.39, 0.29) is 11.7 Å². The Labute approximate surface area is 164 Å². The van der Waals surface area contributed by atoms with Crippen LogP contribution in [0.5, 0.6) is 0 Å². The van der Waals surface area contributed by atoms with Gasteiger partial charge in [0.25, 0.3) is 5.91 Å². The number of aromatic nitrogens is 2. The van der Waals surface area contributed by atoms with Gasteiger partial charge < -0.3 is 9.84 Å². The number of carbonyl (C=O) groups excluding carboxylic acids is 1. The molecule has 1 N–H and O–H groups in total. The first-order valence-corrected chi connectivity index (χ1v) is 9.68. The zero-order chi connectivity index (χ0) is 19.2. The van der Waals surface area contributed by atoms with Gasteiger partial charge in [-0.2, -0.15) is 0 Å². The molecule has 6 heteroatoms. The molecule has 1 amide bonds. The summed E-state index contributed by atoms with van der Waals surface area (Å²) in [7, 11) is 0. The average Bonchev–Trinajstić information content (AvgIpc) is 3.24. The monoisotopic (exact) mass is 376 g/mol. The van der Waals surface area contributed by atoms with Crippen molar-refractivity contribution >= 4 is 5.91 Å². The van der Waals surface area contributed by atoms with Crippen LogP contribution in [0, 0.1) is 0 Å². The first-order valence-electron chi connectivity index (χ1n) is 9.68. The number of carbonyl (C=O) groups is 1. The van der Waals surface area contributed by atoms with Crippen molar-refractivity contribution < 1.29 is 9.32 Å². The SMILES string of the molecule is O=C(NCc1ccncc1)c1cc(C2CCCN(Cc3ccccc3)C2)no1. The van der Waals surface area contributed by atoms with Gasteiger partial charge in [0.05, 0.1) is 5.69 Å². The lowest BCUT2D eigenvalue weighted by molar-refractivity contribution is 0.0913. The Balaban J connectivity index is 1.34. The van der Waals surface area contributed by atoms with E-state index >= 15 is 0 Å². The average molecular weight is 376 g/mol. The molecule has 2 aromatic heterocycles. The van der Waals surface area contributed by atoms with E-state index in [0.29, 0.717) is 12.5 Å². The number of benzene rings is 1. The topological polar surface area (TPSA) is 71.3 Å². The second-order valence-corrected chi connectivity index (χ2v) is 7.21. The highest BCUT2D eigenvalue weighted by Crippen LogP contribution is 2.27. The van der Waals surface area contributed by atoms with Crippen LogP contribution in [-0.2, 0) is 13.1 Å². The fraction of sp³-hybridized carbons (Fsp3) is 0.318. The zero-order valence-electron chi connectivity index (χ0n) is 15.8. The summed E-state index contributed by atoms with van der Waals surface area (Å²) >= 11 is 0. The van der Waals surface area contributed by atoms with E-state index in [0.717, 1.165) is 43.7 Å². The number of piperidine rings is 1. The van der Waals surface area contributed by atoms with E-state index in [1.165, 1.54) is 5.56 Å². The van der Waals surface area contributed by atoms with Gasteiger partial charge in [0.15, 0.2) is 0 Å². The molecule has 4 rings (SSSR count). The van der Waals surface area contributed by atoms with Crippen LogP contribution < -0.4 is 5.32 Å². The summed E-state index contributed by atoms with van der Waals surface area (Å²) in [5.74, 6) is 0.319. The van der Waals surface area contributed by atoms with E-state index in [9.17, 15) is 4.79 Å². The number of nitrogens with one attached hydrogen (secondary N) is 1. The Morgan fingerprint density at radius 3 is 2.79 bits per heavy atom. The third kappa shape index (κ3) is 4.64. The molecule has 144 valence electrons. The van der Waals surface area contributed by atoms with E-state index in [4.69, 9.17) is 4.52 Å². The van der Waals surface area contributed by atoms with Crippen molar-refractivity contribution in [1.29, 1.82) is 0 Å². The minimum absolute atomic E-state index is 0.243. The maximum absolute atomic E-state index is 12.3. The molecule has 0 radical (unpaired) electrons. The van der Waals surface area contributed by atoms with E-state index < -0.39 is 0 Å². The van der Waals surface area contributed by atoms with Crippen LogP contribution in [0.2, 0.25) is 0 Å². The molecule has 0 aliphatic carbocycles. The molecule has 6 nitrogen and oxygen atoms in total. The van der Waals surface area contributed by atoms with Crippen molar-refractivity contribution in [3.05, 3.63) is 83.5 Å². The second kappa shape index (κ2) is 8.80. The standard InChI is InChI=1S/C22H24N4O2/c27-22(24-14-17-8-10-23-11-9-17)21-13-20(25-28-21)19-7-4-12-26(16-19)15-18-5-2-1-3-6-18/h1-3,5-6,8-11,13,19H,4,7,12,14-16H2,(H,24,27). The lowest BCUT2D eigenvalue weighted by Gasteiger charge is -2.31. The summed E-state index contributed by atoms with van der Waals surface area (Å²) < 4.78 is 5.33. The third-order valence-electron chi connectivity index (χ3n) is 5.13. The molecular formula is C22H24N4O2. The molecule has 0 bridgehead atoms. The molecule has 3 heterocycles. The van der Waals surface area contributed by atoms with E-state index in [2.05, 4.69) is 44.6 Å². The number of rotatable bonds is 6. The van der Waals surface area contributed by atoms with Crippen molar-refractivity contribution in [2.45, 2.75) is 31.8 Å². The third-order valence-corrected chi connectivity index (χ3v) is 5.13. The number of likely N-dealkylation sites (tertiary alicyclic amines) is 1. The smallest absolute Gasteiger partial charge is 0.290 e. The van der Waals surface area contributed by atoms with Crippen molar-refractivity contribution in [3.63, 3.8) is 0 Å². The van der Waals surface area contributed by atoms with Crippen LogP contribution in [0.1, 0.15) is 46.1 Å². The minimum atomic E-state index is -0.243. The predicted molar refractivity (Wildman–Crippen MR) is 106 cm³/mol. The summed E-state index contributed by atoms with van der Waals surface area (Å²) in [6, 6.07) is 16.0. The Kier molecular flexibility index (Phi) is 5.77. The summed E-state index contributed by atoms with van der Waals surface area (Å²) in [5.41, 5.74) is 3.18. The first-order chi connectivity index (χ1) is 13.8. The van der Waals surface area contributed by atoms with Crippen molar-refractivity contribution in [2.24, 2.45) is 0 Å². The highest BCUT2D eigenvalue weighted by Gasteiger charge is 2.25. The Morgan fingerprint density at radius 1 is 1.14 bits per heavy atom. The minimum Gasteiger partial charge on any atom is -0.351 e. The van der Waals surface area contributed by atoms with Gasteiger partial charge in [-0.3, -0.25) is 14.7 Å². The Morgan fingerprint density at radius 2 is 1.96 bits per heavy atom. The first kappa shape index (κ1) is 18.4. The fourth-order valence-corrected chi connectivity index (χ4v) is 3.64. The summed E-state index contributed by atoms with van der Waals surface area (Å²) in [4.78, 5) is 18.8. The van der Waals surface area contributed by atoms with E-state index in [1.54, 1.807) is 18.5 Å². The number of nitrogens with zero attached hydrogens (tertiary/aromatic N) is 3. The number of hydrogen-bond acceptors (Lipinski definition) is 5. The van der Waals surface area contributed by atoms with Crippen LogP contribution in [0.15, 0.2) is 65.4 Å². The molecule has 1 aliphatic heterocycles. The zero-order valence-corrected chi connectivity index (χ0v) is 15.8. The molecule has 1 unspecified atom stereocenters. The highest BCUT2D eigenvalue weighted by molar-refractivity contribution is 5.91. The summed E-state index contributed by atoms with van der Waals surface area (Å²) in [6.45, 7) is 3.39. The molecule has 0 spiro atoms. The van der Waals surface area contributed by atoms with Gasteiger partial charge in [-0.05, 0) is 42.6 Å². The molecule has 1 aromatic carbocycles. The Hall–Kier alpha value is -2.99.